The molecule has 28 heavy (non-hydrogen) atoms. The highest BCUT2D eigenvalue weighted by Gasteiger charge is 2.17. The van der Waals surface area contributed by atoms with Gasteiger partial charge in [0, 0.05) is 10.9 Å². The van der Waals surface area contributed by atoms with Gasteiger partial charge < -0.3 is 9.73 Å². The summed E-state index contributed by atoms with van der Waals surface area (Å²) >= 11 is 0. The summed E-state index contributed by atoms with van der Waals surface area (Å²) < 4.78 is 7.50. The SMILES string of the molecule is Cc1cc2occ(CC(=O)Nc3c(C)nn(-c4ccccc4)c3C)c2cc1C. The van der Waals surface area contributed by atoms with Gasteiger partial charge in [-0.1, -0.05) is 18.2 Å². The number of rotatable bonds is 4. The Morgan fingerprint density at radius 2 is 1.79 bits per heavy atom. The summed E-state index contributed by atoms with van der Waals surface area (Å²) in [7, 11) is 0. The molecule has 0 fully saturated rings. The number of benzene rings is 2. The van der Waals surface area contributed by atoms with Gasteiger partial charge in [-0.15, -0.1) is 0 Å². The van der Waals surface area contributed by atoms with Gasteiger partial charge in [-0.25, -0.2) is 4.68 Å². The van der Waals surface area contributed by atoms with E-state index < -0.39 is 0 Å². The molecule has 0 spiro atoms. The summed E-state index contributed by atoms with van der Waals surface area (Å²) in [5, 5.41) is 8.61. The van der Waals surface area contributed by atoms with E-state index in [4.69, 9.17) is 4.42 Å². The molecule has 5 nitrogen and oxygen atoms in total. The molecule has 0 aliphatic rings. The van der Waals surface area contributed by atoms with E-state index in [1.165, 1.54) is 11.1 Å². The lowest BCUT2D eigenvalue weighted by atomic mass is 10.0. The van der Waals surface area contributed by atoms with Gasteiger partial charge in [0.05, 0.1) is 35.4 Å². The van der Waals surface area contributed by atoms with E-state index in [9.17, 15) is 4.79 Å². The van der Waals surface area contributed by atoms with Crippen LogP contribution in [-0.2, 0) is 11.2 Å². The lowest BCUT2D eigenvalue weighted by molar-refractivity contribution is -0.115. The number of carbonyl (C=O) groups excluding carboxylic acids is 1. The van der Waals surface area contributed by atoms with Gasteiger partial charge in [-0.3, -0.25) is 4.79 Å². The number of nitrogens with one attached hydrogen (secondary N) is 1. The number of aromatic nitrogens is 2. The minimum Gasteiger partial charge on any atom is -0.464 e. The molecule has 0 saturated carbocycles. The Balaban J connectivity index is 1.58. The number of para-hydroxylation sites is 1. The van der Waals surface area contributed by atoms with Crippen LogP contribution in [0.2, 0.25) is 0 Å². The quantitative estimate of drug-likeness (QED) is 0.545. The lowest BCUT2D eigenvalue weighted by Crippen LogP contribution is -2.15. The zero-order valence-corrected chi connectivity index (χ0v) is 16.5. The van der Waals surface area contributed by atoms with Crippen LogP contribution in [0.25, 0.3) is 16.7 Å². The van der Waals surface area contributed by atoms with Crippen molar-refractivity contribution in [2.45, 2.75) is 34.1 Å². The van der Waals surface area contributed by atoms with Gasteiger partial charge in [0.25, 0.3) is 0 Å². The maximum Gasteiger partial charge on any atom is 0.229 e. The monoisotopic (exact) mass is 373 g/mol. The number of anilines is 1. The highest BCUT2D eigenvalue weighted by molar-refractivity contribution is 5.96. The molecular formula is C23H23N3O2. The molecule has 1 N–H and O–H groups in total. The Kier molecular flexibility index (Phi) is 4.51. The van der Waals surface area contributed by atoms with Crippen LogP contribution in [0.5, 0.6) is 0 Å². The Hall–Kier alpha value is -3.34. The predicted octanol–water partition coefficient (Wildman–Crippen LogP) is 5.03. The van der Waals surface area contributed by atoms with Gasteiger partial charge in [-0.05, 0) is 63.1 Å². The highest BCUT2D eigenvalue weighted by Crippen LogP contribution is 2.26. The van der Waals surface area contributed by atoms with Crippen LogP contribution < -0.4 is 5.32 Å². The van der Waals surface area contributed by atoms with Crippen LogP contribution in [0.15, 0.2) is 53.1 Å². The van der Waals surface area contributed by atoms with Gasteiger partial charge in [0.1, 0.15) is 5.58 Å². The molecule has 142 valence electrons. The second kappa shape index (κ2) is 7.00. The molecule has 1 amide bonds. The van der Waals surface area contributed by atoms with Gasteiger partial charge in [0.15, 0.2) is 0 Å². The summed E-state index contributed by atoms with van der Waals surface area (Å²) in [6.45, 7) is 7.99. The fourth-order valence-electron chi connectivity index (χ4n) is 3.47. The Labute approximate surface area is 164 Å². The zero-order chi connectivity index (χ0) is 19.8. The van der Waals surface area contributed by atoms with E-state index in [1.807, 2.05) is 54.9 Å². The molecule has 4 rings (SSSR count). The predicted molar refractivity (Wildman–Crippen MR) is 111 cm³/mol. The molecule has 4 aromatic rings. The molecule has 2 aromatic heterocycles. The summed E-state index contributed by atoms with van der Waals surface area (Å²) in [4.78, 5) is 12.7. The fraction of sp³-hybridized carbons (Fsp3) is 0.217. The van der Waals surface area contributed by atoms with Crippen molar-refractivity contribution in [2.75, 3.05) is 5.32 Å². The van der Waals surface area contributed by atoms with Crippen molar-refractivity contribution in [3.8, 4) is 5.69 Å². The summed E-state index contributed by atoms with van der Waals surface area (Å²) in [6.07, 6.45) is 1.93. The molecule has 0 aliphatic heterocycles. The third-order valence-corrected chi connectivity index (χ3v) is 5.18. The van der Waals surface area contributed by atoms with Crippen LogP contribution >= 0.6 is 0 Å². The van der Waals surface area contributed by atoms with Crippen molar-refractivity contribution in [3.05, 3.63) is 76.8 Å². The third-order valence-electron chi connectivity index (χ3n) is 5.18. The van der Waals surface area contributed by atoms with Crippen LogP contribution in [0, 0.1) is 27.7 Å². The highest BCUT2D eigenvalue weighted by atomic mass is 16.3. The number of furan rings is 1. The molecule has 0 aliphatic carbocycles. The summed E-state index contributed by atoms with van der Waals surface area (Å²) in [5.41, 5.74) is 7.49. The first-order valence-corrected chi connectivity index (χ1v) is 9.33. The van der Waals surface area contributed by atoms with Crippen molar-refractivity contribution in [1.29, 1.82) is 0 Å². The average Bonchev–Trinajstić information content (AvgIpc) is 3.18. The Bertz CT molecular complexity index is 1170. The van der Waals surface area contributed by atoms with E-state index in [0.717, 1.165) is 39.3 Å². The first-order valence-electron chi connectivity index (χ1n) is 9.33. The van der Waals surface area contributed by atoms with E-state index in [-0.39, 0.29) is 12.3 Å². The van der Waals surface area contributed by atoms with Crippen molar-refractivity contribution in [1.82, 2.24) is 9.78 Å². The summed E-state index contributed by atoms with van der Waals surface area (Å²) in [5.74, 6) is -0.0836. The Morgan fingerprint density at radius 1 is 1.07 bits per heavy atom. The van der Waals surface area contributed by atoms with Crippen LogP contribution in [0.3, 0.4) is 0 Å². The number of carbonyl (C=O) groups is 1. The smallest absolute Gasteiger partial charge is 0.229 e. The maximum absolute atomic E-state index is 12.7. The number of hydrogen-bond donors (Lipinski definition) is 1. The third kappa shape index (κ3) is 3.20. The van der Waals surface area contributed by atoms with Crippen LogP contribution in [0.4, 0.5) is 5.69 Å². The van der Waals surface area contributed by atoms with Crippen LogP contribution in [0.1, 0.15) is 28.1 Å². The fourth-order valence-corrected chi connectivity index (χ4v) is 3.47. The second-order valence-corrected chi connectivity index (χ2v) is 7.21. The molecule has 0 radical (unpaired) electrons. The standard InChI is InChI=1S/C23H23N3O2/c1-14-10-20-18(13-28-21(20)11-15(14)2)12-22(27)24-23-16(3)25-26(17(23)4)19-8-6-5-7-9-19/h5-11,13H,12H2,1-4H3,(H,24,27). The molecule has 2 heterocycles. The van der Waals surface area contributed by atoms with Gasteiger partial charge >= 0.3 is 0 Å². The number of amides is 1. The molecular weight excluding hydrogens is 350 g/mol. The molecule has 0 unspecified atom stereocenters. The van der Waals surface area contributed by atoms with Gasteiger partial charge in [0.2, 0.25) is 5.91 Å². The molecule has 5 heteroatoms. The van der Waals surface area contributed by atoms with Crippen molar-refractivity contribution in [3.63, 3.8) is 0 Å². The maximum atomic E-state index is 12.7. The Morgan fingerprint density at radius 3 is 2.54 bits per heavy atom. The largest absolute Gasteiger partial charge is 0.464 e. The van der Waals surface area contributed by atoms with Gasteiger partial charge in [-0.2, -0.15) is 5.10 Å². The van der Waals surface area contributed by atoms with E-state index in [1.54, 1.807) is 6.26 Å². The number of fused-ring (bicyclic) bond motifs is 1. The molecule has 0 atom stereocenters. The minimum absolute atomic E-state index is 0.0836. The number of aryl methyl sites for hydroxylation is 3. The first-order chi connectivity index (χ1) is 13.4. The first kappa shape index (κ1) is 18.0. The molecule has 0 saturated heterocycles. The lowest BCUT2D eigenvalue weighted by Gasteiger charge is -2.07. The second-order valence-electron chi connectivity index (χ2n) is 7.21. The topological polar surface area (TPSA) is 60.1 Å². The zero-order valence-electron chi connectivity index (χ0n) is 16.5. The molecule has 2 aromatic carbocycles. The van der Waals surface area contributed by atoms with Crippen molar-refractivity contribution < 1.29 is 9.21 Å². The molecule has 0 bridgehead atoms. The van der Waals surface area contributed by atoms with E-state index in [0.29, 0.717) is 0 Å². The van der Waals surface area contributed by atoms with E-state index >= 15 is 0 Å². The normalized spacial score (nSPS) is 11.1. The number of hydrogen-bond acceptors (Lipinski definition) is 3. The van der Waals surface area contributed by atoms with Crippen LogP contribution in [-0.4, -0.2) is 15.7 Å². The van der Waals surface area contributed by atoms with Crippen molar-refractivity contribution in [2.24, 2.45) is 0 Å². The minimum atomic E-state index is -0.0836. The van der Waals surface area contributed by atoms with E-state index in [2.05, 4.69) is 30.3 Å². The average molecular weight is 373 g/mol. The summed E-state index contributed by atoms with van der Waals surface area (Å²) in [6, 6.07) is 14.0. The number of nitrogens with zero attached hydrogens (tertiary/aromatic N) is 2. The van der Waals surface area contributed by atoms with Crippen molar-refractivity contribution >= 4 is 22.6 Å².